The van der Waals surface area contributed by atoms with Gasteiger partial charge in [0.1, 0.15) is 0 Å². The van der Waals surface area contributed by atoms with Crippen LogP contribution in [0.15, 0.2) is 83.9 Å². The molecule has 4 aromatic rings. The zero-order chi connectivity index (χ0) is 23.6. The van der Waals surface area contributed by atoms with Crippen LogP contribution >= 0.6 is 0 Å². The van der Waals surface area contributed by atoms with Gasteiger partial charge in [0, 0.05) is 0 Å². The third-order valence-corrected chi connectivity index (χ3v) is 24.2. The molecule has 0 spiro atoms. The molecular formula is C32H32SiZr. The fourth-order valence-electron chi connectivity index (χ4n) is 8.59. The van der Waals surface area contributed by atoms with Crippen molar-refractivity contribution in [3.63, 3.8) is 0 Å². The van der Waals surface area contributed by atoms with E-state index in [4.69, 9.17) is 0 Å². The first kappa shape index (κ1) is 21.3. The van der Waals surface area contributed by atoms with Crippen LogP contribution in [0.3, 0.4) is 0 Å². The van der Waals surface area contributed by atoms with Crippen molar-refractivity contribution in [1.29, 1.82) is 0 Å². The Morgan fingerprint density at radius 3 is 1.44 bits per heavy atom. The van der Waals surface area contributed by atoms with Gasteiger partial charge in [0.2, 0.25) is 0 Å². The van der Waals surface area contributed by atoms with Crippen molar-refractivity contribution in [3.05, 3.63) is 106 Å². The molecule has 2 atom stereocenters. The molecule has 0 radical (unpaired) electrons. The predicted octanol–water partition coefficient (Wildman–Crippen LogP) is 9.40. The van der Waals surface area contributed by atoms with Crippen LogP contribution in [0.2, 0.25) is 22.4 Å². The summed E-state index contributed by atoms with van der Waals surface area (Å²) in [5.41, 5.74) is 10.0. The van der Waals surface area contributed by atoms with Crippen molar-refractivity contribution in [3.8, 4) is 0 Å². The maximum absolute atomic E-state index is 2.78. The number of fused-ring (bicyclic) bond motifs is 12. The van der Waals surface area contributed by atoms with Gasteiger partial charge in [0.05, 0.1) is 0 Å². The second-order valence-electron chi connectivity index (χ2n) is 11.9. The fourth-order valence-corrected chi connectivity index (χ4v) is 25.8. The Hall–Kier alpha value is -2.02. The van der Waals surface area contributed by atoms with Gasteiger partial charge in [0.25, 0.3) is 0 Å². The van der Waals surface area contributed by atoms with E-state index >= 15 is 0 Å². The van der Waals surface area contributed by atoms with E-state index in [1.165, 1.54) is 21.5 Å². The summed E-state index contributed by atoms with van der Waals surface area (Å²) in [6, 6.07) is 28.1. The van der Waals surface area contributed by atoms with E-state index in [0.717, 1.165) is 0 Å². The molecule has 0 amide bonds. The molecular weight excluding hydrogens is 504 g/mol. The van der Waals surface area contributed by atoms with Gasteiger partial charge in [-0.15, -0.1) is 0 Å². The topological polar surface area (TPSA) is 0 Å². The van der Waals surface area contributed by atoms with Crippen LogP contribution in [-0.4, -0.2) is 8.07 Å². The van der Waals surface area contributed by atoms with Crippen molar-refractivity contribution in [2.45, 2.75) is 43.5 Å². The average Bonchev–Trinajstić information content (AvgIpc) is 3.31. The molecule has 1 aliphatic heterocycles. The van der Waals surface area contributed by atoms with E-state index in [-0.39, 0.29) is 0 Å². The Morgan fingerprint density at radius 1 is 0.588 bits per heavy atom. The maximum atomic E-state index is 2.75. The Kier molecular flexibility index (Phi) is 4.26. The molecule has 168 valence electrons. The second kappa shape index (κ2) is 6.80. The molecule has 0 fully saturated rings. The molecule has 2 unspecified atom stereocenters. The van der Waals surface area contributed by atoms with Gasteiger partial charge < -0.3 is 0 Å². The predicted molar refractivity (Wildman–Crippen MR) is 148 cm³/mol. The van der Waals surface area contributed by atoms with Crippen LogP contribution in [0.1, 0.15) is 43.4 Å². The van der Waals surface area contributed by atoms with E-state index in [0.29, 0.717) is 7.25 Å². The summed E-state index contributed by atoms with van der Waals surface area (Å²) in [7, 11) is -1.98. The number of hydrogen-bond donors (Lipinski definition) is 0. The Labute approximate surface area is 208 Å². The number of rotatable bonds is 0. The van der Waals surface area contributed by atoms with Gasteiger partial charge in [-0.25, -0.2) is 0 Å². The van der Waals surface area contributed by atoms with Crippen LogP contribution in [0.25, 0.3) is 31.9 Å². The van der Waals surface area contributed by atoms with Gasteiger partial charge in [-0.1, -0.05) is 0 Å². The van der Waals surface area contributed by atoms with Crippen molar-refractivity contribution >= 4 is 40.0 Å². The summed E-state index contributed by atoms with van der Waals surface area (Å²) >= 11 is -2.78. The van der Waals surface area contributed by atoms with E-state index in [1.54, 1.807) is 43.8 Å². The minimum atomic E-state index is -2.78. The summed E-state index contributed by atoms with van der Waals surface area (Å²) < 4.78 is 6.82. The molecule has 1 heterocycles. The van der Waals surface area contributed by atoms with Crippen molar-refractivity contribution in [1.82, 2.24) is 0 Å². The minimum absolute atomic E-state index is 0.662. The SMILES string of the molecule is CC1=C2c3c(ccc4ccccc34)[CH]1[Zr]([CH3])([CH3])[CH]1C(C)=C(c3c1ccc1ccccc31)[Si]2(C)C. The van der Waals surface area contributed by atoms with Crippen LogP contribution in [-0.2, 0) is 20.3 Å². The van der Waals surface area contributed by atoms with Gasteiger partial charge in [-0.05, 0) is 0 Å². The molecule has 2 heteroatoms. The Morgan fingerprint density at radius 2 is 1.00 bits per heavy atom. The molecule has 4 bridgehead atoms. The van der Waals surface area contributed by atoms with Crippen LogP contribution < -0.4 is 0 Å². The van der Waals surface area contributed by atoms with E-state index < -0.39 is 28.3 Å². The molecule has 0 saturated carbocycles. The molecule has 34 heavy (non-hydrogen) atoms. The van der Waals surface area contributed by atoms with Gasteiger partial charge in [0.15, 0.2) is 0 Å². The number of benzene rings is 4. The first-order valence-electron chi connectivity index (χ1n) is 12.7. The van der Waals surface area contributed by atoms with Crippen molar-refractivity contribution in [2.75, 3.05) is 0 Å². The Balaban J connectivity index is 1.65. The zero-order valence-corrected chi connectivity index (χ0v) is 24.5. The summed E-state index contributed by atoms with van der Waals surface area (Å²) in [6.45, 7) is 10.3. The molecule has 7 rings (SSSR count). The summed E-state index contributed by atoms with van der Waals surface area (Å²) in [5.74, 6) is 0. The Bertz CT molecular complexity index is 1510. The van der Waals surface area contributed by atoms with Gasteiger partial charge in [-0.2, -0.15) is 0 Å². The molecule has 0 aromatic heterocycles. The molecule has 0 saturated heterocycles. The normalized spacial score (nSPS) is 23.8. The molecule has 3 aliphatic rings. The van der Waals surface area contributed by atoms with E-state index in [2.05, 4.69) is 109 Å². The summed E-state index contributed by atoms with van der Waals surface area (Å²) in [4.78, 5) is 0. The van der Waals surface area contributed by atoms with Gasteiger partial charge >= 0.3 is 210 Å². The second-order valence-corrected chi connectivity index (χ2v) is 28.0. The zero-order valence-electron chi connectivity index (χ0n) is 21.1. The number of allylic oxidation sites excluding steroid dienone is 2. The first-order valence-corrected chi connectivity index (χ1v) is 23.5. The average molecular weight is 536 g/mol. The molecule has 2 aliphatic carbocycles. The number of hydrogen-bond acceptors (Lipinski definition) is 0. The van der Waals surface area contributed by atoms with Crippen molar-refractivity contribution in [2.24, 2.45) is 0 Å². The molecule has 0 nitrogen and oxygen atoms in total. The van der Waals surface area contributed by atoms with Gasteiger partial charge in [-0.3, -0.25) is 0 Å². The molecule has 4 aromatic carbocycles. The first-order chi connectivity index (χ1) is 16.2. The third-order valence-electron chi connectivity index (χ3n) is 9.44. The quantitative estimate of drug-likeness (QED) is 0.197. The third kappa shape index (κ3) is 2.42. The van der Waals surface area contributed by atoms with Crippen LogP contribution in [0.5, 0.6) is 0 Å². The van der Waals surface area contributed by atoms with Crippen molar-refractivity contribution < 1.29 is 20.3 Å². The summed E-state index contributed by atoms with van der Waals surface area (Å²) in [5, 5.41) is 9.25. The standard InChI is InChI=1S/C30H26Si.2CH3.Zr/c1-19-17-23-15-13-21-9-5-7-11-25(21)27(23)29(19)31(3,4)30-20(2)18-24-16-14-22-10-6-8-12-26(22)28(24)30;;;/h5-18H,1-4H3;2*1H3;. The van der Waals surface area contributed by atoms with E-state index in [9.17, 15) is 0 Å². The van der Waals surface area contributed by atoms with E-state index in [1.807, 2.05) is 0 Å². The van der Waals surface area contributed by atoms with Crippen LogP contribution in [0, 0.1) is 0 Å². The fraction of sp³-hybridized carbons (Fsp3) is 0.250. The summed E-state index contributed by atoms with van der Waals surface area (Å²) in [6.07, 6.45) is 0. The molecule has 0 N–H and O–H groups in total. The monoisotopic (exact) mass is 534 g/mol. The van der Waals surface area contributed by atoms with Crippen LogP contribution in [0.4, 0.5) is 0 Å².